The number of nitrogens with zero attached hydrogens (tertiary/aromatic N) is 1. The normalized spacial score (nSPS) is 26.6. The summed E-state index contributed by atoms with van der Waals surface area (Å²) < 4.78 is 0. The highest BCUT2D eigenvalue weighted by Crippen LogP contribution is 2.14. The van der Waals surface area contributed by atoms with E-state index >= 15 is 0 Å². The Labute approximate surface area is 116 Å². The molecule has 0 amide bonds. The largest absolute Gasteiger partial charge is 0.317 e. The quantitative estimate of drug-likeness (QED) is 0.667. The zero-order valence-corrected chi connectivity index (χ0v) is 12.1. The number of pyridine rings is 1. The third-order valence-electron chi connectivity index (χ3n) is 3.64. The van der Waals surface area contributed by atoms with Crippen LogP contribution in [0.2, 0.25) is 0 Å². The van der Waals surface area contributed by atoms with Crippen LogP contribution in [0.1, 0.15) is 50.2 Å². The predicted molar refractivity (Wildman–Crippen MR) is 79.2 cm³/mol. The van der Waals surface area contributed by atoms with Crippen LogP contribution in [0.5, 0.6) is 0 Å². The van der Waals surface area contributed by atoms with Crippen molar-refractivity contribution in [2.45, 2.75) is 38.8 Å². The molecule has 2 rings (SSSR count). The van der Waals surface area contributed by atoms with Crippen LogP contribution < -0.4 is 16.0 Å². The Balaban J connectivity index is 2.08. The van der Waals surface area contributed by atoms with Gasteiger partial charge in [-0.3, -0.25) is 4.98 Å². The summed E-state index contributed by atoms with van der Waals surface area (Å²) in [6.07, 6.45) is 2.32. The van der Waals surface area contributed by atoms with Gasteiger partial charge in [0.25, 0.3) is 0 Å². The molecule has 1 aromatic heterocycles. The molecule has 2 unspecified atom stereocenters. The van der Waals surface area contributed by atoms with Crippen LogP contribution in [-0.2, 0) is 0 Å². The SMILES string of the molecule is CC1NCCCNCCCNC(C)c2cccc1n2. The van der Waals surface area contributed by atoms with Gasteiger partial charge in [0, 0.05) is 12.1 Å². The first-order valence-corrected chi connectivity index (χ1v) is 7.41. The molecular formula is C15H26N4. The van der Waals surface area contributed by atoms with Gasteiger partial charge < -0.3 is 16.0 Å². The van der Waals surface area contributed by atoms with Crippen LogP contribution in [0.15, 0.2) is 18.2 Å². The summed E-state index contributed by atoms with van der Waals surface area (Å²) in [6, 6.07) is 6.96. The molecule has 0 radical (unpaired) electrons. The van der Waals surface area contributed by atoms with Crippen LogP contribution >= 0.6 is 0 Å². The van der Waals surface area contributed by atoms with Crippen molar-refractivity contribution in [1.82, 2.24) is 20.9 Å². The van der Waals surface area contributed by atoms with E-state index in [1.807, 2.05) is 0 Å². The maximum Gasteiger partial charge on any atom is 0.0574 e. The van der Waals surface area contributed by atoms with E-state index in [2.05, 4.69) is 48.0 Å². The van der Waals surface area contributed by atoms with Crippen LogP contribution in [0, 0.1) is 0 Å². The highest BCUT2D eigenvalue weighted by Gasteiger charge is 2.11. The van der Waals surface area contributed by atoms with Crippen LogP contribution in [-0.4, -0.2) is 31.2 Å². The van der Waals surface area contributed by atoms with Crippen molar-refractivity contribution in [1.29, 1.82) is 0 Å². The summed E-state index contributed by atoms with van der Waals surface area (Å²) in [7, 11) is 0. The summed E-state index contributed by atoms with van der Waals surface area (Å²) in [5.41, 5.74) is 2.27. The van der Waals surface area contributed by atoms with Crippen molar-refractivity contribution < 1.29 is 0 Å². The van der Waals surface area contributed by atoms with Gasteiger partial charge in [0.1, 0.15) is 0 Å². The van der Waals surface area contributed by atoms with Gasteiger partial charge in [-0.2, -0.15) is 0 Å². The van der Waals surface area contributed by atoms with Gasteiger partial charge >= 0.3 is 0 Å². The molecule has 0 fully saturated rings. The van der Waals surface area contributed by atoms with E-state index in [0.717, 1.165) is 50.4 Å². The Morgan fingerprint density at radius 3 is 1.95 bits per heavy atom. The maximum absolute atomic E-state index is 4.78. The monoisotopic (exact) mass is 262 g/mol. The Morgan fingerprint density at radius 2 is 1.42 bits per heavy atom. The van der Waals surface area contributed by atoms with E-state index in [-0.39, 0.29) is 0 Å². The van der Waals surface area contributed by atoms with Crippen LogP contribution in [0.4, 0.5) is 0 Å². The summed E-state index contributed by atoms with van der Waals surface area (Å²) in [4.78, 5) is 4.78. The van der Waals surface area contributed by atoms with Crippen molar-refractivity contribution in [2.24, 2.45) is 0 Å². The van der Waals surface area contributed by atoms with Gasteiger partial charge in [-0.25, -0.2) is 0 Å². The highest BCUT2D eigenvalue weighted by atomic mass is 15.0. The first-order valence-electron chi connectivity index (χ1n) is 7.41. The number of fused-ring (bicyclic) bond motifs is 2. The molecule has 0 spiro atoms. The van der Waals surface area contributed by atoms with E-state index in [1.54, 1.807) is 0 Å². The minimum atomic E-state index is 0.315. The van der Waals surface area contributed by atoms with E-state index in [4.69, 9.17) is 4.98 Å². The molecule has 19 heavy (non-hydrogen) atoms. The number of aromatic nitrogens is 1. The molecule has 0 aliphatic carbocycles. The molecule has 2 bridgehead atoms. The van der Waals surface area contributed by atoms with Crippen molar-refractivity contribution in [3.05, 3.63) is 29.6 Å². The standard InChI is InChI=1S/C15H26N4/c1-12-14-6-3-7-15(19-14)13(2)18-11-5-9-16-8-4-10-17-12/h3,6-7,12-13,16-18H,4-5,8-11H2,1-2H3. The molecule has 1 aromatic rings. The molecule has 2 atom stereocenters. The average Bonchev–Trinajstić information content (AvgIpc) is 2.44. The smallest absolute Gasteiger partial charge is 0.0574 e. The second-order valence-electron chi connectivity index (χ2n) is 5.30. The molecule has 0 saturated carbocycles. The fourth-order valence-electron chi connectivity index (χ4n) is 2.35. The minimum Gasteiger partial charge on any atom is -0.317 e. The topological polar surface area (TPSA) is 49.0 Å². The molecule has 0 aromatic carbocycles. The maximum atomic E-state index is 4.78. The fraction of sp³-hybridized carbons (Fsp3) is 0.667. The third kappa shape index (κ3) is 4.56. The van der Waals surface area contributed by atoms with Gasteiger partial charge in [-0.1, -0.05) is 6.07 Å². The van der Waals surface area contributed by atoms with Crippen LogP contribution in [0.25, 0.3) is 0 Å². The zero-order valence-electron chi connectivity index (χ0n) is 12.1. The van der Waals surface area contributed by atoms with Crippen molar-refractivity contribution in [3.8, 4) is 0 Å². The van der Waals surface area contributed by atoms with Gasteiger partial charge in [0.05, 0.1) is 11.4 Å². The Kier molecular flexibility index (Phi) is 5.76. The van der Waals surface area contributed by atoms with Gasteiger partial charge in [0.2, 0.25) is 0 Å². The lowest BCUT2D eigenvalue weighted by Gasteiger charge is -2.18. The minimum absolute atomic E-state index is 0.315. The number of hydrogen-bond donors (Lipinski definition) is 3. The van der Waals surface area contributed by atoms with E-state index in [1.165, 1.54) is 0 Å². The Hall–Kier alpha value is -0.970. The van der Waals surface area contributed by atoms with E-state index in [9.17, 15) is 0 Å². The fourth-order valence-corrected chi connectivity index (χ4v) is 2.35. The zero-order chi connectivity index (χ0) is 13.5. The van der Waals surface area contributed by atoms with Gasteiger partial charge in [-0.05, 0) is 65.0 Å². The molecule has 1 aliphatic rings. The molecule has 1 aliphatic heterocycles. The number of nitrogens with one attached hydrogen (secondary N) is 3. The first kappa shape index (κ1) is 14.4. The Morgan fingerprint density at radius 1 is 0.895 bits per heavy atom. The lowest BCUT2D eigenvalue weighted by Crippen LogP contribution is -2.29. The molecule has 4 nitrogen and oxygen atoms in total. The molecule has 3 N–H and O–H groups in total. The van der Waals surface area contributed by atoms with Crippen molar-refractivity contribution in [2.75, 3.05) is 26.2 Å². The molecule has 4 heteroatoms. The predicted octanol–water partition coefficient (Wildman–Crippen LogP) is 1.77. The highest BCUT2D eigenvalue weighted by molar-refractivity contribution is 5.16. The van der Waals surface area contributed by atoms with E-state index in [0.29, 0.717) is 12.1 Å². The summed E-state index contributed by atoms with van der Waals surface area (Å²) >= 11 is 0. The van der Waals surface area contributed by atoms with Gasteiger partial charge in [-0.15, -0.1) is 0 Å². The van der Waals surface area contributed by atoms with E-state index < -0.39 is 0 Å². The second-order valence-corrected chi connectivity index (χ2v) is 5.30. The third-order valence-corrected chi connectivity index (χ3v) is 3.64. The second kappa shape index (κ2) is 7.58. The molecule has 106 valence electrons. The summed E-state index contributed by atoms with van der Waals surface area (Å²) in [5, 5.41) is 10.6. The average molecular weight is 262 g/mol. The number of rotatable bonds is 0. The lowest BCUT2D eigenvalue weighted by atomic mass is 10.1. The summed E-state index contributed by atoms with van der Waals surface area (Å²) in [6.45, 7) is 8.61. The van der Waals surface area contributed by atoms with Crippen LogP contribution in [0.3, 0.4) is 0 Å². The van der Waals surface area contributed by atoms with Gasteiger partial charge in [0.15, 0.2) is 0 Å². The molecular weight excluding hydrogens is 236 g/mol. The molecule has 2 heterocycles. The first-order chi connectivity index (χ1) is 9.27. The van der Waals surface area contributed by atoms with Crippen molar-refractivity contribution in [3.63, 3.8) is 0 Å². The molecule has 0 saturated heterocycles. The lowest BCUT2D eigenvalue weighted by molar-refractivity contribution is 0.495. The number of hydrogen-bond acceptors (Lipinski definition) is 4. The summed E-state index contributed by atoms with van der Waals surface area (Å²) in [5.74, 6) is 0. The Bertz CT molecular complexity index is 349. The van der Waals surface area contributed by atoms with Crippen molar-refractivity contribution >= 4 is 0 Å².